The minimum absolute atomic E-state index is 0.0966. The average Bonchev–Trinajstić information content (AvgIpc) is 2.34. The van der Waals surface area contributed by atoms with Gasteiger partial charge in [0, 0.05) is 0 Å². The molecule has 0 radical (unpaired) electrons. The number of nitrogens with zero attached hydrogens (tertiary/aromatic N) is 1. The molecule has 1 aromatic rings. The molecule has 1 heterocycles. The van der Waals surface area contributed by atoms with E-state index in [0.717, 1.165) is 0 Å². The molecule has 1 saturated heterocycles. The number of ether oxygens (including phenoxy) is 2. The van der Waals surface area contributed by atoms with Crippen LogP contribution in [0.5, 0.6) is 0 Å². The maximum atomic E-state index is 12.2. The second-order valence-corrected chi connectivity index (χ2v) is 5.75. The van der Waals surface area contributed by atoms with Gasteiger partial charge in [-0.15, -0.1) is 4.31 Å². The summed E-state index contributed by atoms with van der Waals surface area (Å²) in [6.45, 7) is 0.313. The molecule has 2 N–H and O–H groups in total. The van der Waals surface area contributed by atoms with E-state index in [1.54, 1.807) is 6.07 Å². The lowest BCUT2D eigenvalue weighted by Gasteiger charge is -2.27. The molecular weight excluding hydrogens is 288 g/mol. The van der Waals surface area contributed by atoms with Crippen LogP contribution in [0.3, 0.4) is 0 Å². The van der Waals surface area contributed by atoms with Gasteiger partial charge in [-0.2, -0.15) is 0 Å². The maximum absolute atomic E-state index is 12.2. The molecule has 1 fully saturated rings. The summed E-state index contributed by atoms with van der Waals surface area (Å²) >= 11 is 0. The highest BCUT2D eigenvalue weighted by molar-refractivity contribution is 7.90. The molecule has 1 aliphatic rings. The number of rotatable bonds is 3. The van der Waals surface area contributed by atoms with Gasteiger partial charge < -0.3 is 15.2 Å². The molecule has 8 nitrogen and oxygen atoms in total. The van der Waals surface area contributed by atoms with Crippen LogP contribution in [0.4, 0.5) is 9.59 Å². The smallest absolute Gasteiger partial charge is 0.432 e. The van der Waals surface area contributed by atoms with Crippen molar-refractivity contribution in [3.8, 4) is 0 Å². The van der Waals surface area contributed by atoms with Gasteiger partial charge in [-0.25, -0.2) is 18.0 Å². The molecule has 20 heavy (non-hydrogen) atoms. The first-order valence-electron chi connectivity index (χ1n) is 5.61. The molecule has 0 atom stereocenters. The Hall–Kier alpha value is -2.13. The van der Waals surface area contributed by atoms with Crippen molar-refractivity contribution in [2.45, 2.75) is 11.0 Å². The Morgan fingerprint density at radius 3 is 2.30 bits per heavy atom. The molecule has 0 unspecified atom stereocenters. The van der Waals surface area contributed by atoms with E-state index >= 15 is 0 Å². The van der Waals surface area contributed by atoms with Crippen LogP contribution in [0.25, 0.3) is 0 Å². The Morgan fingerprint density at radius 2 is 1.85 bits per heavy atom. The van der Waals surface area contributed by atoms with Gasteiger partial charge in [-0.1, -0.05) is 18.2 Å². The molecule has 0 bridgehead atoms. The molecule has 3 amide bonds. The molecule has 0 spiro atoms. The predicted octanol–water partition coefficient (Wildman–Crippen LogP) is 0.291. The van der Waals surface area contributed by atoms with Crippen molar-refractivity contribution >= 4 is 22.1 Å². The van der Waals surface area contributed by atoms with Crippen LogP contribution in [-0.2, 0) is 19.5 Å². The minimum atomic E-state index is -4.39. The number of hydrogen-bond acceptors (Lipinski definition) is 6. The summed E-state index contributed by atoms with van der Waals surface area (Å²) < 4.78 is 33.9. The van der Waals surface area contributed by atoms with Gasteiger partial charge >= 0.3 is 12.1 Å². The fraction of sp³-hybridized carbons (Fsp3) is 0.273. The van der Waals surface area contributed by atoms with E-state index in [1.165, 1.54) is 24.3 Å². The summed E-state index contributed by atoms with van der Waals surface area (Å²) in [7, 11) is -4.39. The molecule has 1 aromatic carbocycles. The maximum Gasteiger partial charge on any atom is 0.432 e. The number of benzene rings is 1. The lowest BCUT2D eigenvalue weighted by Crippen LogP contribution is -2.48. The van der Waals surface area contributed by atoms with Gasteiger partial charge in [0.1, 0.15) is 0 Å². The Labute approximate surface area is 115 Å². The minimum Gasteiger partial charge on any atom is -0.440 e. The van der Waals surface area contributed by atoms with E-state index in [9.17, 15) is 18.0 Å². The quantitative estimate of drug-likeness (QED) is 0.857. The van der Waals surface area contributed by atoms with Crippen LogP contribution in [0.1, 0.15) is 0 Å². The summed E-state index contributed by atoms with van der Waals surface area (Å²) in [5.74, 6) is 0. The first-order chi connectivity index (χ1) is 9.43. The first-order valence-corrected chi connectivity index (χ1v) is 7.05. The monoisotopic (exact) mass is 300 g/mol. The van der Waals surface area contributed by atoms with Crippen molar-refractivity contribution in [3.63, 3.8) is 0 Å². The molecule has 2 rings (SSSR count). The largest absolute Gasteiger partial charge is 0.440 e. The van der Waals surface area contributed by atoms with Gasteiger partial charge in [-0.3, -0.25) is 0 Å². The zero-order valence-electron chi connectivity index (χ0n) is 10.3. The third kappa shape index (κ3) is 2.73. The third-order valence-electron chi connectivity index (χ3n) is 2.52. The van der Waals surface area contributed by atoms with Crippen molar-refractivity contribution in [3.05, 3.63) is 30.3 Å². The Balaban J connectivity index is 2.28. The van der Waals surface area contributed by atoms with Crippen molar-refractivity contribution in [2.24, 2.45) is 5.73 Å². The van der Waals surface area contributed by atoms with Crippen molar-refractivity contribution in [1.82, 2.24) is 4.31 Å². The number of hydrogen-bond donors (Lipinski definition) is 1. The molecule has 1 aliphatic heterocycles. The Kier molecular flexibility index (Phi) is 3.91. The van der Waals surface area contributed by atoms with Gasteiger partial charge in [0.05, 0.1) is 18.1 Å². The molecule has 0 aliphatic carbocycles. The number of urea groups is 1. The van der Waals surface area contributed by atoms with E-state index < -0.39 is 28.3 Å². The topological polar surface area (TPSA) is 116 Å². The second-order valence-electron chi connectivity index (χ2n) is 3.96. The van der Waals surface area contributed by atoms with E-state index in [-0.39, 0.29) is 22.4 Å². The summed E-state index contributed by atoms with van der Waals surface area (Å²) in [6.07, 6.45) is -1.91. The fourth-order valence-electron chi connectivity index (χ4n) is 1.48. The summed E-state index contributed by atoms with van der Waals surface area (Å²) in [4.78, 5) is 22.8. The molecule has 0 aromatic heterocycles. The van der Waals surface area contributed by atoms with Crippen LogP contribution in [0, 0.1) is 0 Å². The Bertz CT molecular complexity index is 611. The molecule has 108 valence electrons. The van der Waals surface area contributed by atoms with Crippen LogP contribution in [0.15, 0.2) is 35.2 Å². The molecule has 9 heteroatoms. The number of carbonyl (C=O) groups is 2. The predicted molar refractivity (Wildman–Crippen MR) is 66.1 cm³/mol. The van der Waals surface area contributed by atoms with Gasteiger partial charge in [0.25, 0.3) is 10.0 Å². The number of sulfonamides is 1. The van der Waals surface area contributed by atoms with E-state index in [4.69, 9.17) is 15.2 Å². The number of amides is 3. The lowest BCUT2D eigenvalue weighted by molar-refractivity contribution is -0.1000. The number of imide groups is 1. The first kappa shape index (κ1) is 14.3. The number of nitrogens with two attached hydrogens (primary N) is 1. The highest BCUT2D eigenvalue weighted by Gasteiger charge is 2.37. The van der Waals surface area contributed by atoms with Crippen LogP contribution >= 0.6 is 0 Å². The number of primary amides is 1. The van der Waals surface area contributed by atoms with E-state index in [1.807, 2.05) is 0 Å². The highest BCUT2D eigenvalue weighted by Crippen LogP contribution is 2.17. The zero-order chi connectivity index (χ0) is 14.8. The van der Waals surface area contributed by atoms with Gasteiger partial charge in [0.2, 0.25) is 0 Å². The fourth-order valence-corrected chi connectivity index (χ4v) is 2.67. The van der Waals surface area contributed by atoms with Crippen LogP contribution < -0.4 is 5.73 Å². The average molecular weight is 300 g/mol. The lowest BCUT2D eigenvalue weighted by atomic mass is 10.3. The normalized spacial score (nSPS) is 15.2. The Morgan fingerprint density at radius 1 is 1.25 bits per heavy atom. The highest BCUT2D eigenvalue weighted by atomic mass is 32.2. The number of carbonyl (C=O) groups excluding carboxylic acids is 2. The molecular formula is C11H12N2O6S. The van der Waals surface area contributed by atoms with Crippen LogP contribution in [0.2, 0.25) is 0 Å². The summed E-state index contributed by atoms with van der Waals surface area (Å²) in [6, 6.07) is 5.56. The van der Waals surface area contributed by atoms with Crippen molar-refractivity contribution in [1.29, 1.82) is 0 Å². The zero-order valence-corrected chi connectivity index (χ0v) is 11.1. The van der Waals surface area contributed by atoms with Crippen molar-refractivity contribution in [2.75, 3.05) is 13.2 Å². The SMILES string of the molecule is NC(=O)N(C(=O)OC1COC1)S(=O)(=O)c1ccccc1. The molecule has 0 saturated carbocycles. The van der Waals surface area contributed by atoms with E-state index in [2.05, 4.69) is 0 Å². The van der Waals surface area contributed by atoms with Gasteiger partial charge in [-0.05, 0) is 12.1 Å². The standard InChI is InChI=1S/C11H12N2O6S/c12-10(14)13(11(15)19-8-6-18-7-8)20(16,17)9-4-2-1-3-5-9/h1-5,8H,6-7H2,(H2,12,14). The van der Waals surface area contributed by atoms with Crippen molar-refractivity contribution < 1.29 is 27.5 Å². The van der Waals surface area contributed by atoms with Gasteiger partial charge in [0.15, 0.2) is 6.10 Å². The van der Waals surface area contributed by atoms with Crippen LogP contribution in [-0.4, -0.2) is 44.2 Å². The second kappa shape index (κ2) is 5.47. The summed E-state index contributed by atoms with van der Waals surface area (Å²) in [5, 5.41) is 0. The van der Waals surface area contributed by atoms with E-state index in [0.29, 0.717) is 0 Å². The summed E-state index contributed by atoms with van der Waals surface area (Å²) in [5.41, 5.74) is 4.97. The third-order valence-corrected chi connectivity index (χ3v) is 4.20.